The van der Waals surface area contributed by atoms with Gasteiger partial charge in [0.05, 0.1) is 4.47 Å². The Balaban J connectivity index is 2.33. The summed E-state index contributed by atoms with van der Waals surface area (Å²) in [7, 11) is 0. The molecule has 2 rings (SSSR count). The largest absolute Gasteiger partial charge is 0.293 e. The van der Waals surface area contributed by atoms with Gasteiger partial charge in [-0.2, -0.15) is 0 Å². The summed E-state index contributed by atoms with van der Waals surface area (Å²) < 4.78 is 13.9. The van der Waals surface area contributed by atoms with E-state index < -0.39 is 5.82 Å². The van der Waals surface area contributed by atoms with E-state index >= 15 is 0 Å². The molecule has 0 N–H and O–H groups in total. The van der Waals surface area contributed by atoms with Crippen LogP contribution < -0.4 is 0 Å². The fourth-order valence-corrected chi connectivity index (χ4v) is 2.36. The van der Waals surface area contributed by atoms with Gasteiger partial charge in [0.1, 0.15) is 5.82 Å². The molecule has 0 bridgehead atoms. The molecule has 1 nitrogen and oxygen atoms in total. The molecule has 0 saturated heterocycles. The van der Waals surface area contributed by atoms with Gasteiger partial charge in [0.2, 0.25) is 0 Å². The average molecular weight is 321 g/mol. The number of benzene rings is 2. The number of carbonyl (C=O) groups is 1. The van der Waals surface area contributed by atoms with Gasteiger partial charge in [0.25, 0.3) is 0 Å². The van der Waals surface area contributed by atoms with E-state index in [0.717, 1.165) is 5.56 Å². The zero-order chi connectivity index (χ0) is 13.8. The van der Waals surface area contributed by atoms with Crippen LogP contribution in [-0.4, -0.2) is 5.78 Å². The first kappa shape index (κ1) is 13.9. The first-order valence-corrected chi connectivity index (χ1v) is 6.97. The van der Waals surface area contributed by atoms with E-state index in [9.17, 15) is 9.18 Å². The molecule has 1 atom stereocenters. The molecule has 0 spiro atoms. The van der Waals surface area contributed by atoms with Crippen molar-refractivity contribution in [2.75, 3.05) is 0 Å². The monoisotopic (exact) mass is 320 g/mol. The van der Waals surface area contributed by atoms with Gasteiger partial charge in [-0.05, 0) is 40.0 Å². The predicted molar refractivity (Wildman–Crippen MR) is 77.9 cm³/mol. The number of ketones is 1. The molecule has 2 aromatic carbocycles. The standard InChI is InChI=1S/C16H14BrFO/c1-2-13(11-6-4-3-5-7-11)16(19)12-8-9-14(17)15(18)10-12/h3-10,13H,2H2,1H3. The van der Waals surface area contributed by atoms with Crippen molar-refractivity contribution in [2.24, 2.45) is 0 Å². The van der Waals surface area contributed by atoms with Crippen molar-refractivity contribution in [1.29, 1.82) is 0 Å². The lowest BCUT2D eigenvalue weighted by Gasteiger charge is -2.14. The van der Waals surface area contributed by atoms with Crippen molar-refractivity contribution in [2.45, 2.75) is 19.3 Å². The maximum absolute atomic E-state index is 13.5. The molecule has 2 aromatic rings. The van der Waals surface area contributed by atoms with E-state index in [4.69, 9.17) is 0 Å². The summed E-state index contributed by atoms with van der Waals surface area (Å²) in [6, 6.07) is 14.1. The van der Waals surface area contributed by atoms with Crippen molar-refractivity contribution in [1.82, 2.24) is 0 Å². The first-order chi connectivity index (χ1) is 9.13. The first-order valence-electron chi connectivity index (χ1n) is 6.17. The molecule has 1 unspecified atom stereocenters. The summed E-state index contributed by atoms with van der Waals surface area (Å²) in [5.41, 5.74) is 1.38. The second-order valence-electron chi connectivity index (χ2n) is 4.36. The molecule has 0 aliphatic rings. The molecule has 98 valence electrons. The highest BCUT2D eigenvalue weighted by Crippen LogP contribution is 2.26. The highest BCUT2D eigenvalue weighted by atomic mass is 79.9. The van der Waals surface area contributed by atoms with Crippen molar-refractivity contribution in [3.8, 4) is 0 Å². The minimum Gasteiger partial charge on any atom is -0.293 e. The van der Waals surface area contributed by atoms with Crippen LogP contribution in [0.2, 0.25) is 0 Å². The fourth-order valence-electron chi connectivity index (χ4n) is 2.11. The number of hydrogen-bond acceptors (Lipinski definition) is 1. The molecule has 0 aromatic heterocycles. The summed E-state index contributed by atoms with van der Waals surface area (Å²) in [5, 5.41) is 0. The topological polar surface area (TPSA) is 17.1 Å². The van der Waals surface area contributed by atoms with Crippen LogP contribution in [0.15, 0.2) is 53.0 Å². The molecule has 19 heavy (non-hydrogen) atoms. The molecule has 0 amide bonds. The summed E-state index contributed by atoms with van der Waals surface area (Å²) >= 11 is 3.09. The Morgan fingerprint density at radius 2 is 1.89 bits per heavy atom. The van der Waals surface area contributed by atoms with Crippen LogP contribution >= 0.6 is 15.9 Å². The lowest BCUT2D eigenvalue weighted by Crippen LogP contribution is -2.12. The van der Waals surface area contributed by atoms with Gasteiger partial charge in [-0.25, -0.2) is 4.39 Å². The lowest BCUT2D eigenvalue weighted by atomic mass is 9.89. The van der Waals surface area contributed by atoms with Crippen LogP contribution in [0, 0.1) is 5.82 Å². The van der Waals surface area contributed by atoms with Gasteiger partial charge in [0, 0.05) is 11.5 Å². The Bertz CT molecular complexity index is 581. The molecule has 0 heterocycles. The predicted octanol–water partition coefficient (Wildman–Crippen LogP) is 4.96. The van der Waals surface area contributed by atoms with Crippen molar-refractivity contribution >= 4 is 21.7 Å². The molecular weight excluding hydrogens is 307 g/mol. The number of halogens is 2. The number of carbonyl (C=O) groups excluding carboxylic acids is 1. The second kappa shape index (κ2) is 6.11. The van der Waals surface area contributed by atoms with Crippen LogP contribution in [0.1, 0.15) is 35.2 Å². The van der Waals surface area contributed by atoms with Crippen molar-refractivity contribution < 1.29 is 9.18 Å². The molecule has 0 aliphatic heterocycles. The summed E-state index contributed by atoms with van der Waals surface area (Å²) in [6.07, 6.45) is 0.695. The van der Waals surface area contributed by atoms with Crippen molar-refractivity contribution in [3.63, 3.8) is 0 Å². The maximum atomic E-state index is 13.5. The van der Waals surface area contributed by atoms with Crippen molar-refractivity contribution in [3.05, 3.63) is 69.9 Å². The quantitative estimate of drug-likeness (QED) is 0.727. The Hall–Kier alpha value is -1.48. The third-order valence-corrected chi connectivity index (χ3v) is 3.77. The third-order valence-electron chi connectivity index (χ3n) is 3.13. The van der Waals surface area contributed by atoms with Gasteiger partial charge in [-0.15, -0.1) is 0 Å². The molecule has 0 aliphatic carbocycles. The Kier molecular flexibility index (Phi) is 4.48. The minimum absolute atomic E-state index is 0.0416. The van der Waals surface area contributed by atoms with Gasteiger partial charge in [-0.3, -0.25) is 4.79 Å². The van der Waals surface area contributed by atoms with E-state index in [1.807, 2.05) is 37.3 Å². The second-order valence-corrected chi connectivity index (χ2v) is 5.22. The highest BCUT2D eigenvalue weighted by Gasteiger charge is 2.20. The minimum atomic E-state index is -0.409. The van der Waals surface area contributed by atoms with Crippen LogP contribution in [0.3, 0.4) is 0 Å². The van der Waals surface area contributed by atoms with Crippen LogP contribution in [0.25, 0.3) is 0 Å². The summed E-state index contributed by atoms with van der Waals surface area (Å²) in [6.45, 7) is 1.96. The highest BCUT2D eigenvalue weighted by molar-refractivity contribution is 9.10. The molecule has 0 fully saturated rings. The third kappa shape index (κ3) is 3.10. The number of Topliss-reactive ketones (excluding diaryl/α,β-unsaturated/α-hetero) is 1. The molecule has 3 heteroatoms. The van der Waals surface area contributed by atoms with E-state index in [0.29, 0.717) is 16.5 Å². The van der Waals surface area contributed by atoms with Crippen LogP contribution in [0.5, 0.6) is 0 Å². The molecule has 0 saturated carbocycles. The van der Waals surface area contributed by atoms with E-state index in [2.05, 4.69) is 15.9 Å². The fraction of sp³-hybridized carbons (Fsp3) is 0.188. The average Bonchev–Trinajstić information content (AvgIpc) is 2.44. The Morgan fingerprint density at radius 3 is 2.47 bits per heavy atom. The zero-order valence-corrected chi connectivity index (χ0v) is 12.2. The van der Waals surface area contributed by atoms with Crippen LogP contribution in [0.4, 0.5) is 4.39 Å². The smallest absolute Gasteiger partial charge is 0.170 e. The van der Waals surface area contributed by atoms with Gasteiger partial charge >= 0.3 is 0 Å². The SMILES string of the molecule is CCC(C(=O)c1ccc(Br)c(F)c1)c1ccccc1. The van der Waals surface area contributed by atoms with Gasteiger partial charge < -0.3 is 0 Å². The van der Waals surface area contributed by atoms with Gasteiger partial charge in [0.15, 0.2) is 5.78 Å². The molecular formula is C16H14BrFO. The summed E-state index contributed by atoms with van der Waals surface area (Å²) in [4.78, 5) is 12.5. The van der Waals surface area contributed by atoms with E-state index in [1.165, 1.54) is 6.07 Å². The number of rotatable bonds is 4. The Morgan fingerprint density at radius 1 is 1.21 bits per heavy atom. The molecule has 0 radical (unpaired) electrons. The van der Waals surface area contributed by atoms with Gasteiger partial charge in [-0.1, -0.05) is 43.3 Å². The normalized spacial score (nSPS) is 12.2. The van der Waals surface area contributed by atoms with E-state index in [1.54, 1.807) is 12.1 Å². The van der Waals surface area contributed by atoms with E-state index in [-0.39, 0.29) is 11.7 Å². The Labute approximate surface area is 120 Å². The van der Waals surface area contributed by atoms with Crippen LogP contribution in [-0.2, 0) is 0 Å². The maximum Gasteiger partial charge on any atom is 0.170 e. The number of hydrogen-bond donors (Lipinski definition) is 0. The lowest BCUT2D eigenvalue weighted by molar-refractivity contribution is 0.0957. The zero-order valence-electron chi connectivity index (χ0n) is 10.6. The summed E-state index contributed by atoms with van der Waals surface area (Å²) in [5.74, 6) is -0.671.